The molecule has 1 aromatic heterocycles. The van der Waals surface area contributed by atoms with Gasteiger partial charge in [-0.25, -0.2) is 4.98 Å². The van der Waals surface area contributed by atoms with Gasteiger partial charge in [-0.3, -0.25) is 0 Å². The minimum Gasteiger partial charge on any atom is -0.378 e. The molecule has 1 fully saturated rings. The van der Waals surface area contributed by atoms with E-state index in [1.165, 1.54) is 11.4 Å². The second-order valence-electron chi connectivity index (χ2n) is 5.77. The Bertz CT molecular complexity index is 382. The smallest absolute Gasteiger partial charge is 0.0965 e. The van der Waals surface area contributed by atoms with Crippen molar-refractivity contribution in [3.8, 4) is 0 Å². The van der Waals surface area contributed by atoms with Crippen LogP contribution in [0.1, 0.15) is 51.5 Å². The molecule has 0 aliphatic heterocycles. The van der Waals surface area contributed by atoms with Crippen molar-refractivity contribution in [1.82, 2.24) is 10.3 Å². The summed E-state index contributed by atoms with van der Waals surface area (Å²) < 4.78 is 5.84. The van der Waals surface area contributed by atoms with Gasteiger partial charge in [0.25, 0.3) is 0 Å². The molecule has 1 aromatic rings. The van der Waals surface area contributed by atoms with Crippen LogP contribution in [0.2, 0.25) is 0 Å². The molecular formula is C15H26N2OS. The van der Waals surface area contributed by atoms with Crippen LogP contribution in [0, 0.1) is 5.41 Å². The van der Waals surface area contributed by atoms with Gasteiger partial charge in [-0.2, -0.15) is 0 Å². The van der Waals surface area contributed by atoms with E-state index in [4.69, 9.17) is 4.74 Å². The van der Waals surface area contributed by atoms with Gasteiger partial charge >= 0.3 is 0 Å². The first-order valence-corrected chi connectivity index (χ1v) is 8.24. The third-order valence-corrected chi connectivity index (χ3v) is 5.66. The summed E-state index contributed by atoms with van der Waals surface area (Å²) in [5, 5.41) is 7.00. The number of ether oxygens (including phenoxy) is 1. The average molecular weight is 282 g/mol. The maximum atomic E-state index is 5.84. The van der Waals surface area contributed by atoms with Gasteiger partial charge in [0.2, 0.25) is 0 Å². The fourth-order valence-corrected chi connectivity index (χ4v) is 3.65. The van der Waals surface area contributed by atoms with E-state index in [-0.39, 0.29) is 0 Å². The van der Waals surface area contributed by atoms with Crippen LogP contribution >= 0.6 is 11.3 Å². The zero-order chi connectivity index (χ0) is 13.9. The molecule has 1 aliphatic rings. The molecule has 0 radical (unpaired) electrons. The van der Waals surface area contributed by atoms with Gasteiger partial charge in [0, 0.05) is 42.1 Å². The summed E-state index contributed by atoms with van der Waals surface area (Å²) in [4.78, 5) is 4.39. The van der Waals surface area contributed by atoms with Crippen LogP contribution in [0.3, 0.4) is 0 Å². The molecular weight excluding hydrogens is 256 g/mol. The molecule has 2 rings (SSSR count). The van der Waals surface area contributed by atoms with E-state index >= 15 is 0 Å². The summed E-state index contributed by atoms with van der Waals surface area (Å²) in [6, 6.07) is 0.580. The highest BCUT2D eigenvalue weighted by Crippen LogP contribution is 2.45. The lowest BCUT2D eigenvalue weighted by Crippen LogP contribution is -2.62. The predicted molar refractivity (Wildman–Crippen MR) is 80.7 cm³/mol. The fraction of sp³-hybridized carbons (Fsp3) is 0.800. The van der Waals surface area contributed by atoms with Crippen molar-refractivity contribution in [3.05, 3.63) is 16.6 Å². The summed E-state index contributed by atoms with van der Waals surface area (Å²) in [7, 11) is 0. The van der Waals surface area contributed by atoms with Gasteiger partial charge in [0.05, 0.1) is 11.1 Å². The fourth-order valence-electron chi connectivity index (χ4n) is 2.95. The van der Waals surface area contributed by atoms with Gasteiger partial charge in [-0.1, -0.05) is 20.8 Å². The van der Waals surface area contributed by atoms with Crippen molar-refractivity contribution in [3.63, 3.8) is 0 Å². The molecule has 1 saturated carbocycles. The molecule has 1 heterocycles. The molecule has 4 unspecified atom stereocenters. The quantitative estimate of drug-likeness (QED) is 0.832. The van der Waals surface area contributed by atoms with Crippen LogP contribution in [0.5, 0.6) is 0 Å². The van der Waals surface area contributed by atoms with Crippen LogP contribution < -0.4 is 5.32 Å². The van der Waals surface area contributed by atoms with Crippen LogP contribution in [0.25, 0.3) is 0 Å². The van der Waals surface area contributed by atoms with Crippen molar-refractivity contribution in [1.29, 1.82) is 0 Å². The van der Waals surface area contributed by atoms with E-state index < -0.39 is 0 Å². The predicted octanol–water partition coefficient (Wildman–Crippen LogP) is 3.43. The third-order valence-electron chi connectivity index (χ3n) is 4.65. The van der Waals surface area contributed by atoms with E-state index in [1.54, 1.807) is 11.3 Å². The number of hydrogen-bond donors (Lipinski definition) is 1. The SMILES string of the molecule is CCOC1CC(NCC(C)c2nccs2)C1(C)CC. The number of thiazole rings is 1. The number of rotatable bonds is 7. The normalized spacial score (nSPS) is 32.0. The minimum absolute atomic E-state index is 0.290. The van der Waals surface area contributed by atoms with Gasteiger partial charge in [0.15, 0.2) is 0 Å². The molecule has 0 saturated heterocycles. The summed E-state index contributed by atoms with van der Waals surface area (Å²) >= 11 is 1.75. The molecule has 1 aliphatic carbocycles. The van der Waals surface area contributed by atoms with Crippen LogP contribution in [0.4, 0.5) is 0 Å². The number of hydrogen-bond acceptors (Lipinski definition) is 4. The van der Waals surface area contributed by atoms with Crippen molar-refractivity contribution in [2.45, 2.75) is 58.6 Å². The minimum atomic E-state index is 0.290. The molecule has 0 bridgehead atoms. The zero-order valence-electron chi connectivity index (χ0n) is 12.5. The van der Waals surface area contributed by atoms with E-state index in [2.05, 4.69) is 43.4 Å². The molecule has 108 valence electrons. The van der Waals surface area contributed by atoms with Crippen molar-refractivity contribution >= 4 is 11.3 Å². The largest absolute Gasteiger partial charge is 0.378 e. The first-order valence-electron chi connectivity index (χ1n) is 7.36. The molecule has 19 heavy (non-hydrogen) atoms. The summed E-state index contributed by atoms with van der Waals surface area (Å²) in [5.74, 6) is 0.493. The lowest BCUT2D eigenvalue weighted by Gasteiger charge is -2.54. The van der Waals surface area contributed by atoms with Gasteiger partial charge in [-0.15, -0.1) is 11.3 Å². The standard InChI is InChI=1S/C15H26N2OS/c1-5-15(4)12(9-13(15)18-6-2)17-10-11(3)14-16-7-8-19-14/h7-8,11-13,17H,5-6,9-10H2,1-4H3. The molecule has 0 spiro atoms. The zero-order valence-corrected chi connectivity index (χ0v) is 13.3. The van der Waals surface area contributed by atoms with E-state index in [9.17, 15) is 0 Å². The Kier molecular flexibility index (Phi) is 4.98. The van der Waals surface area contributed by atoms with Crippen molar-refractivity contribution in [2.24, 2.45) is 5.41 Å². The monoisotopic (exact) mass is 282 g/mol. The van der Waals surface area contributed by atoms with Crippen molar-refractivity contribution in [2.75, 3.05) is 13.2 Å². The first-order chi connectivity index (χ1) is 9.11. The second kappa shape index (κ2) is 6.33. The second-order valence-corrected chi connectivity index (χ2v) is 6.70. The Morgan fingerprint density at radius 3 is 2.95 bits per heavy atom. The van der Waals surface area contributed by atoms with Crippen LogP contribution in [-0.4, -0.2) is 30.3 Å². The summed E-state index contributed by atoms with van der Waals surface area (Å²) in [6.07, 6.45) is 4.63. The Hall–Kier alpha value is -0.450. The molecule has 4 atom stereocenters. The maximum absolute atomic E-state index is 5.84. The molecule has 1 N–H and O–H groups in total. The van der Waals surface area contributed by atoms with Crippen LogP contribution in [0.15, 0.2) is 11.6 Å². The molecule has 3 nitrogen and oxygen atoms in total. The lowest BCUT2D eigenvalue weighted by molar-refractivity contribution is -0.125. The highest BCUT2D eigenvalue weighted by Gasteiger charge is 2.50. The van der Waals surface area contributed by atoms with Gasteiger partial charge < -0.3 is 10.1 Å². The van der Waals surface area contributed by atoms with E-state index in [0.29, 0.717) is 23.5 Å². The average Bonchev–Trinajstić information content (AvgIpc) is 2.94. The Morgan fingerprint density at radius 1 is 1.58 bits per heavy atom. The summed E-state index contributed by atoms with van der Waals surface area (Å²) in [5.41, 5.74) is 0.290. The summed E-state index contributed by atoms with van der Waals surface area (Å²) in [6.45, 7) is 10.8. The molecule has 4 heteroatoms. The van der Waals surface area contributed by atoms with Crippen LogP contribution in [-0.2, 0) is 4.74 Å². The number of nitrogens with one attached hydrogen (secondary N) is 1. The topological polar surface area (TPSA) is 34.1 Å². The maximum Gasteiger partial charge on any atom is 0.0965 e. The third kappa shape index (κ3) is 3.01. The molecule has 0 aromatic carbocycles. The first kappa shape index (κ1) is 14.9. The number of aromatic nitrogens is 1. The Morgan fingerprint density at radius 2 is 2.37 bits per heavy atom. The van der Waals surface area contributed by atoms with Crippen molar-refractivity contribution < 1.29 is 4.74 Å². The highest BCUT2D eigenvalue weighted by molar-refractivity contribution is 7.09. The van der Waals surface area contributed by atoms with E-state index in [1.807, 2.05) is 6.20 Å². The highest BCUT2D eigenvalue weighted by atomic mass is 32.1. The van der Waals surface area contributed by atoms with E-state index in [0.717, 1.165) is 19.6 Å². The Balaban J connectivity index is 1.84. The van der Waals surface area contributed by atoms with Gasteiger partial charge in [0.1, 0.15) is 0 Å². The molecule has 0 amide bonds. The van der Waals surface area contributed by atoms with Gasteiger partial charge in [-0.05, 0) is 19.8 Å². The number of nitrogens with zero attached hydrogens (tertiary/aromatic N) is 1. The Labute approximate surface area is 120 Å². The lowest BCUT2D eigenvalue weighted by atomic mass is 9.61.